The molecule has 0 spiro atoms. The normalized spacial score (nSPS) is 10.8. The van der Waals surface area contributed by atoms with Gasteiger partial charge >= 0.3 is 5.97 Å². The van der Waals surface area contributed by atoms with Gasteiger partial charge in [-0.3, -0.25) is 0 Å². The summed E-state index contributed by atoms with van der Waals surface area (Å²) in [4.78, 5) is 23.3. The maximum Gasteiger partial charge on any atom is 0.354 e. The first-order valence-corrected chi connectivity index (χ1v) is 9.18. The fourth-order valence-corrected chi connectivity index (χ4v) is 3.02. The molecule has 0 saturated heterocycles. The highest BCUT2D eigenvalue weighted by molar-refractivity contribution is 5.85. The monoisotopic (exact) mass is 414 g/mol. The van der Waals surface area contributed by atoms with Crippen molar-refractivity contribution >= 4 is 28.8 Å². The zero-order chi connectivity index (χ0) is 21.2. The maximum atomic E-state index is 11.1. The van der Waals surface area contributed by atoms with Gasteiger partial charge in [-0.15, -0.1) is 0 Å². The van der Waals surface area contributed by atoms with Crippen LogP contribution in [0.25, 0.3) is 22.4 Å². The molecule has 9 heteroatoms. The Labute approximate surface area is 175 Å². The number of benzene rings is 2. The number of fused-ring (bicyclic) bond motifs is 1. The number of oxazole rings is 2. The van der Waals surface area contributed by atoms with Crippen LogP contribution in [0, 0.1) is 0 Å². The second-order valence-electron chi connectivity index (χ2n) is 6.47. The van der Waals surface area contributed by atoms with Crippen molar-refractivity contribution in [3.63, 3.8) is 0 Å². The third-order valence-electron chi connectivity index (χ3n) is 4.41. The van der Waals surface area contributed by atoms with Crippen LogP contribution < -0.4 is 10.1 Å². The van der Waals surface area contributed by atoms with E-state index in [0.717, 1.165) is 11.3 Å². The molecule has 9 nitrogen and oxygen atoms in total. The van der Waals surface area contributed by atoms with Crippen molar-refractivity contribution in [2.45, 2.75) is 0 Å². The number of carboxylic acids is 1. The third kappa shape index (κ3) is 3.79. The second kappa shape index (κ2) is 7.64. The zero-order valence-corrected chi connectivity index (χ0v) is 15.9. The van der Waals surface area contributed by atoms with Crippen molar-refractivity contribution in [2.75, 3.05) is 5.32 Å². The molecular formula is C22H14N4O5. The summed E-state index contributed by atoms with van der Waals surface area (Å²) in [5.74, 6) is 0.316. The lowest BCUT2D eigenvalue weighted by Gasteiger charge is -2.06. The van der Waals surface area contributed by atoms with Gasteiger partial charge in [0.15, 0.2) is 23.4 Å². The number of anilines is 2. The Kier molecular flexibility index (Phi) is 4.53. The van der Waals surface area contributed by atoms with Gasteiger partial charge in [0.2, 0.25) is 0 Å². The molecule has 0 unspecified atom stereocenters. The smallest absolute Gasteiger partial charge is 0.354 e. The Morgan fingerprint density at radius 2 is 1.94 bits per heavy atom. The lowest BCUT2D eigenvalue weighted by atomic mass is 10.1. The Morgan fingerprint density at radius 1 is 1.06 bits per heavy atom. The quantitative estimate of drug-likeness (QED) is 0.390. The van der Waals surface area contributed by atoms with Crippen molar-refractivity contribution in [1.29, 1.82) is 0 Å². The van der Waals surface area contributed by atoms with Crippen molar-refractivity contribution in [1.82, 2.24) is 15.0 Å². The molecular weight excluding hydrogens is 400 g/mol. The molecule has 2 aromatic carbocycles. The van der Waals surface area contributed by atoms with Crippen LogP contribution in [0.2, 0.25) is 0 Å². The van der Waals surface area contributed by atoms with Gasteiger partial charge in [-0.2, -0.15) is 4.98 Å². The molecule has 0 atom stereocenters. The van der Waals surface area contributed by atoms with Gasteiger partial charge in [0.05, 0.1) is 11.9 Å². The van der Waals surface area contributed by atoms with Crippen LogP contribution in [0.3, 0.4) is 0 Å². The number of pyridine rings is 1. The summed E-state index contributed by atoms with van der Waals surface area (Å²) >= 11 is 0. The van der Waals surface area contributed by atoms with Gasteiger partial charge in [0, 0.05) is 23.9 Å². The van der Waals surface area contributed by atoms with Crippen LogP contribution in [-0.2, 0) is 0 Å². The Bertz CT molecular complexity index is 1380. The van der Waals surface area contributed by atoms with Crippen molar-refractivity contribution in [3.05, 3.63) is 79.1 Å². The first kappa shape index (κ1) is 18.4. The van der Waals surface area contributed by atoms with E-state index in [-0.39, 0.29) is 5.69 Å². The number of carboxylic acid groups (broad SMARTS) is 1. The Balaban J connectivity index is 1.41. The van der Waals surface area contributed by atoms with Crippen LogP contribution in [0.15, 0.2) is 82.2 Å². The number of aromatic nitrogens is 3. The van der Waals surface area contributed by atoms with E-state index in [0.29, 0.717) is 34.4 Å². The first-order chi connectivity index (χ1) is 15.2. The van der Waals surface area contributed by atoms with Gasteiger partial charge in [-0.1, -0.05) is 12.1 Å². The van der Waals surface area contributed by atoms with Crippen LogP contribution >= 0.6 is 0 Å². The average molecular weight is 414 g/mol. The van der Waals surface area contributed by atoms with E-state index in [1.165, 1.54) is 18.7 Å². The van der Waals surface area contributed by atoms with Gasteiger partial charge in [0.1, 0.15) is 17.0 Å². The van der Waals surface area contributed by atoms with Crippen molar-refractivity contribution in [3.8, 4) is 22.8 Å². The molecule has 0 bridgehead atoms. The standard InChI is InChI=1S/C22H14N4O5/c27-21(28)18-9-14(7-8-24-18)30-13-5-6-17-19(10-13)31-22(26-17)25-16-4-2-1-3-15(16)20-11-23-12-29-20/h1-12H,(H,25,26)(H,27,28). The number of nitrogens with zero attached hydrogens (tertiary/aromatic N) is 3. The topological polar surface area (TPSA) is 124 Å². The third-order valence-corrected chi connectivity index (χ3v) is 4.41. The average Bonchev–Trinajstić information content (AvgIpc) is 3.44. The molecule has 0 radical (unpaired) electrons. The highest BCUT2D eigenvalue weighted by Crippen LogP contribution is 2.32. The molecule has 5 aromatic rings. The summed E-state index contributed by atoms with van der Waals surface area (Å²) in [7, 11) is 0. The summed E-state index contributed by atoms with van der Waals surface area (Å²) in [5.41, 5.74) is 2.60. The molecule has 2 N–H and O–H groups in total. The van der Waals surface area contributed by atoms with E-state index >= 15 is 0 Å². The van der Waals surface area contributed by atoms with Crippen LogP contribution in [-0.4, -0.2) is 26.0 Å². The predicted octanol–water partition coefficient (Wildman–Crippen LogP) is 5.11. The molecule has 0 fully saturated rings. The summed E-state index contributed by atoms with van der Waals surface area (Å²) < 4.78 is 17.0. The van der Waals surface area contributed by atoms with Crippen molar-refractivity contribution in [2.24, 2.45) is 0 Å². The van der Waals surface area contributed by atoms with E-state index in [1.807, 2.05) is 24.3 Å². The van der Waals surface area contributed by atoms with E-state index in [4.69, 9.17) is 18.7 Å². The van der Waals surface area contributed by atoms with Crippen LogP contribution in [0.4, 0.5) is 11.7 Å². The molecule has 5 rings (SSSR count). The molecule has 0 amide bonds. The van der Waals surface area contributed by atoms with Crippen LogP contribution in [0.1, 0.15) is 10.5 Å². The number of nitrogens with one attached hydrogen (secondary N) is 1. The van der Waals surface area contributed by atoms with E-state index < -0.39 is 5.97 Å². The largest absolute Gasteiger partial charge is 0.477 e. The minimum atomic E-state index is -1.13. The molecule has 0 aliphatic rings. The molecule has 3 aromatic heterocycles. The molecule has 0 aliphatic heterocycles. The van der Waals surface area contributed by atoms with Gasteiger partial charge in [0.25, 0.3) is 6.01 Å². The number of hydrogen-bond acceptors (Lipinski definition) is 8. The highest BCUT2D eigenvalue weighted by atomic mass is 16.5. The SMILES string of the molecule is O=C(O)c1cc(Oc2ccc3nc(Nc4ccccc4-c4cnco4)oc3c2)ccn1. The number of para-hydroxylation sites is 1. The highest BCUT2D eigenvalue weighted by Gasteiger charge is 2.13. The summed E-state index contributed by atoms with van der Waals surface area (Å²) in [6.07, 6.45) is 4.38. The van der Waals surface area contributed by atoms with Gasteiger partial charge in [-0.25, -0.2) is 14.8 Å². The fraction of sp³-hybridized carbons (Fsp3) is 0. The number of rotatable bonds is 6. The molecule has 3 heterocycles. The minimum absolute atomic E-state index is 0.102. The van der Waals surface area contributed by atoms with Gasteiger partial charge in [-0.05, 0) is 30.3 Å². The zero-order valence-electron chi connectivity index (χ0n) is 15.9. The lowest BCUT2D eigenvalue weighted by Crippen LogP contribution is -1.99. The summed E-state index contributed by atoms with van der Waals surface area (Å²) in [5, 5.41) is 12.2. The summed E-state index contributed by atoms with van der Waals surface area (Å²) in [6, 6.07) is 15.9. The molecule has 0 aliphatic carbocycles. The number of carbonyl (C=O) groups is 1. The Hall–Kier alpha value is -4.66. The van der Waals surface area contributed by atoms with E-state index in [1.54, 1.807) is 30.5 Å². The Morgan fingerprint density at radius 3 is 2.77 bits per heavy atom. The van der Waals surface area contributed by atoms with E-state index in [9.17, 15) is 4.79 Å². The number of aromatic carboxylic acids is 1. The lowest BCUT2D eigenvalue weighted by molar-refractivity contribution is 0.0690. The van der Waals surface area contributed by atoms with E-state index in [2.05, 4.69) is 20.3 Å². The van der Waals surface area contributed by atoms with Gasteiger partial charge < -0.3 is 24.0 Å². The maximum absolute atomic E-state index is 11.1. The second-order valence-corrected chi connectivity index (χ2v) is 6.47. The molecule has 152 valence electrons. The first-order valence-electron chi connectivity index (χ1n) is 9.18. The minimum Gasteiger partial charge on any atom is -0.477 e. The fourth-order valence-electron chi connectivity index (χ4n) is 3.02. The van der Waals surface area contributed by atoms with Crippen LogP contribution in [0.5, 0.6) is 11.5 Å². The number of hydrogen-bond donors (Lipinski definition) is 2. The molecule has 31 heavy (non-hydrogen) atoms. The van der Waals surface area contributed by atoms with Crippen molar-refractivity contribution < 1.29 is 23.5 Å². The number of ether oxygens (including phenoxy) is 1. The summed E-state index contributed by atoms with van der Waals surface area (Å²) in [6.45, 7) is 0. The molecule has 0 saturated carbocycles. The predicted molar refractivity (Wildman–Crippen MR) is 111 cm³/mol.